The maximum atomic E-state index is 13.4. The van der Waals surface area contributed by atoms with Gasteiger partial charge in [-0.1, -0.05) is 0 Å². The van der Waals surface area contributed by atoms with Crippen molar-refractivity contribution in [2.75, 3.05) is 19.8 Å². The second-order valence-corrected chi connectivity index (χ2v) is 3.59. The number of halogens is 2. The van der Waals surface area contributed by atoms with E-state index in [-0.39, 0.29) is 12.2 Å². The zero-order valence-corrected chi connectivity index (χ0v) is 8.53. The van der Waals surface area contributed by atoms with Gasteiger partial charge in [0.2, 0.25) is 0 Å². The monoisotopic (exact) mass is 230 g/mol. The van der Waals surface area contributed by atoms with Gasteiger partial charge >= 0.3 is 0 Å². The standard InChI is InChI=1S/C11H12F2O3/c12-7-1-2-9(13)8(5-7)11(14)10-6-15-3-4-16-10/h1-2,5,10-11,14H,3-4,6H2. The maximum Gasteiger partial charge on any atom is 0.129 e. The lowest BCUT2D eigenvalue weighted by molar-refractivity contribution is -0.134. The van der Waals surface area contributed by atoms with Crippen LogP contribution >= 0.6 is 0 Å². The normalized spacial score (nSPS) is 23.1. The first kappa shape index (κ1) is 11.4. The molecule has 5 heteroatoms. The van der Waals surface area contributed by atoms with E-state index in [1.165, 1.54) is 0 Å². The molecule has 1 aromatic carbocycles. The topological polar surface area (TPSA) is 38.7 Å². The molecule has 0 amide bonds. The highest BCUT2D eigenvalue weighted by Gasteiger charge is 2.27. The third kappa shape index (κ3) is 2.37. The van der Waals surface area contributed by atoms with Crippen molar-refractivity contribution in [1.29, 1.82) is 0 Å². The van der Waals surface area contributed by atoms with E-state index in [9.17, 15) is 13.9 Å². The Bertz CT molecular complexity index is 364. The number of hydrogen-bond acceptors (Lipinski definition) is 3. The summed E-state index contributed by atoms with van der Waals surface area (Å²) in [5.74, 6) is -1.24. The zero-order valence-electron chi connectivity index (χ0n) is 8.53. The van der Waals surface area contributed by atoms with E-state index in [1.807, 2.05) is 0 Å². The molecule has 16 heavy (non-hydrogen) atoms. The maximum absolute atomic E-state index is 13.4. The minimum absolute atomic E-state index is 0.101. The van der Waals surface area contributed by atoms with E-state index >= 15 is 0 Å². The number of benzene rings is 1. The fraction of sp³-hybridized carbons (Fsp3) is 0.455. The molecular formula is C11H12F2O3. The molecular weight excluding hydrogens is 218 g/mol. The molecule has 1 N–H and O–H groups in total. The van der Waals surface area contributed by atoms with Crippen molar-refractivity contribution in [1.82, 2.24) is 0 Å². The number of hydrogen-bond donors (Lipinski definition) is 1. The molecule has 1 aliphatic heterocycles. The molecule has 0 radical (unpaired) electrons. The molecule has 0 saturated carbocycles. The quantitative estimate of drug-likeness (QED) is 0.835. The molecule has 1 aliphatic rings. The Morgan fingerprint density at radius 2 is 2.12 bits per heavy atom. The molecule has 0 spiro atoms. The van der Waals surface area contributed by atoms with E-state index in [0.717, 1.165) is 18.2 Å². The summed E-state index contributed by atoms with van der Waals surface area (Å²) in [7, 11) is 0. The van der Waals surface area contributed by atoms with Crippen molar-refractivity contribution in [3.63, 3.8) is 0 Å². The van der Waals surface area contributed by atoms with Gasteiger partial charge in [0, 0.05) is 5.56 Å². The van der Waals surface area contributed by atoms with Gasteiger partial charge in [-0.3, -0.25) is 0 Å². The lowest BCUT2D eigenvalue weighted by Crippen LogP contribution is -2.34. The van der Waals surface area contributed by atoms with E-state index in [0.29, 0.717) is 13.2 Å². The van der Waals surface area contributed by atoms with E-state index in [4.69, 9.17) is 9.47 Å². The van der Waals surface area contributed by atoms with Gasteiger partial charge in [0.15, 0.2) is 0 Å². The minimum Gasteiger partial charge on any atom is -0.385 e. The smallest absolute Gasteiger partial charge is 0.129 e. The number of aliphatic hydroxyl groups excluding tert-OH is 1. The Morgan fingerprint density at radius 1 is 1.31 bits per heavy atom. The summed E-state index contributed by atoms with van der Waals surface area (Å²) in [5.41, 5.74) is -0.101. The van der Waals surface area contributed by atoms with Gasteiger partial charge in [0.05, 0.1) is 19.8 Å². The molecule has 1 heterocycles. The summed E-state index contributed by atoms with van der Waals surface area (Å²) >= 11 is 0. The first-order valence-corrected chi connectivity index (χ1v) is 5.01. The summed E-state index contributed by atoms with van der Waals surface area (Å²) in [5, 5.41) is 9.84. The van der Waals surface area contributed by atoms with Crippen LogP contribution < -0.4 is 0 Å². The van der Waals surface area contributed by atoms with Crippen molar-refractivity contribution in [3.05, 3.63) is 35.4 Å². The summed E-state index contributed by atoms with van der Waals surface area (Å²) in [6.45, 7) is 0.977. The summed E-state index contributed by atoms with van der Waals surface area (Å²) in [6, 6.07) is 2.96. The Balaban J connectivity index is 2.18. The number of ether oxygens (including phenoxy) is 2. The van der Waals surface area contributed by atoms with Gasteiger partial charge in [-0.15, -0.1) is 0 Å². The average molecular weight is 230 g/mol. The Labute approximate surface area is 91.6 Å². The highest BCUT2D eigenvalue weighted by molar-refractivity contribution is 5.22. The molecule has 3 nitrogen and oxygen atoms in total. The van der Waals surface area contributed by atoms with Crippen molar-refractivity contribution in [2.24, 2.45) is 0 Å². The van der Waals surface area contributed by atoms with E-state index in [1.54, 1.807) is 0 Å². The van der Waals surface area contributed by atoms with Gasteiger partial charge in [-0.25, -0.2) is 8.78 Å². The van der Waals surface area contributed by atoms with Crippen LogP contribution in [0.4, 0.5) is 8.78 Å². The average Bonchev–Trinajstić information content (AvgIpc) is 2.32. The Kier molecular flexibility index (Phi) is 3.48. The van der Waals surface area contributed by atoms with Crippen LogP contribution in [0.25, 0.3) is 0 Å². The third-order valence-corrected chi connectivity index (χ3v) is 2.47. The van der Waals surface area contributed by atoms with Crippen LogP contribution in [-0.2, 0) is 9.47 Å². The fourth-order valence-corrected chi connectivity index (χ4v) is 1.63. The minimum atomic E-state index is -1.21. The van der Waals surface area contributed by atoms with Crippen LogP contribution in [-0.4, -0.2) is 31.0 Å². The molecule has 88 valence electrons. The number of rotatable bonds is 2. The number of aliphatic hydroxyl groups is 1. The van der Waals surface area contributed by atoms with E-state index in [2.05, 4.69) is 0 Å². The van der Waals surface area contributed by atoms with Gasteiger partial charge < -0.3 is 14.6 Å². The highest BCUT2D eigenvalue weighted by atomic mass is 19.1. The van der Waals surface area contributed by atoms with Crippen LogP contribution in [0.1, 0.15) is 11.7 Å². The van der Waals surface area contributed by atoms with Crippen LogP contribution in [0, 0.1) is 11.6 Å². The van der Waals surface area contributed by atoms with E-state index < -0.39 is 23.8 Å². The van der Waals surface area contributed by atoms with Crippen molar-refractivity contribution >= 4 is 0 Å². The third-order valence-electron chi connectivity index (χ3n) is 2.47. The molecule has 0 aromatic heterocycles. The first-order chi connectivity index (χ1) is 7.68. The van der Waals surface area contributed by atoms with Gasteiger partial charge in [-0.2, -0.15) is 0 Å². The predicted octanol–water partition coefficient (Wildman–Crippen LogP) is 1.41. The molecule has 2 unspecified atom stereocenters. The lowest BCUT2D eigenvalue weighted by atomic mass is 10.0. The largest absolute Gasteiger partial charge is 0.385 e. The Morgan fingerprint density at radius 3 is 2.81 bits per heavy atom. The summed E-state index contributed by atoms with van der Waals surface area (Å²) < 4.78 is 36.6. The second-order valence-electron chi connectivity index (χ2n) is 3.59. The molecule has 2 atom stereocenters. The van der Waals surface area contributed by atoms with Crippen molar-refractivity contribution < 1.29 is 23.4 Å². The highest BCUT2D eigenvalue weighted by Crippen LogP contribution is 2.24. The fourth-order valence-electron chi connectivity index (χ4n) is 1.63. The molecule has 0 bridgehead atoms. The Hall–Kier alpha value is -1.04. The van der Waals surface area contributed by atoms with Gasteiger partial charge in [0.25, 0.3) is 0 Å². The van der Waals surface area contributed by atoms with Crippen molar-refractivity contribution in [2.45, 2.75) is 12.2 Å². The summed E-state index contributed by atoms with van der Waals surface area (Å²) in [4.78, 5) is 0. The predicted molar refractivity (Wildman–Crippen MR) is 51.9 cm³/mol. The van der Waals surface area contributed by atoms with Crippen LogP contribution in [0.2, 0.25) is 0 Å². The summed E-state index contributed by atoms with van der Waals surface area (Å²) in [6.07, 6.45) is -1.86. The van der Waals surface area contributed by atoms with Crippen LogP contribution in [0.5, 0.6) is 0 Å². The lowest BCUT2D eigenvalue weighted by Gasteiger charge is -2.27. The molecule has 2 rings (SSSR count). The molecule has 1 fully saturated rings. The first-order valence-electron chi connectivity index (χ1n) is 5.01. The molecule has 1 aromatic rings. The van der Waals surface area contributed by atoms with Gasteiger partial charge in [-0.05, 0) is 18.2 Å². The van der Waals surface area contributed by atoms with Crippen LogP contribution in [0.3, 0.4) is 0 Å². The van der Waals surface area contributed by atoms with Crippen LogP contribution in [0.15, 0.2) is 18.2 Å². The molecule has 0 aliphatic carbocycles. The molecule has 1 saturated heterocycles. The SMILES string of the molecule is OC(c1cc(F)ccc1F)C1COCCO1. The van der Waals surface area contributed by atoms with Gasteiger partial charge in [0.1, 0.15) is 23.8 Å². The van der Waals surface area contributed by atoms with Crippen molar-refractivity contribution in [3.8, 4) is 0 Å². The second kappa shape index (κ2) is 4.86. The zero-order chi connectivity index (χ0) is 11.5.